The van der Waals surface area contributed by atoms with Gasteiger partial charge in [-0.05, 0) is 29.8 Å². The summed E-state index contributed by atoms with van der Waals surface area (Å²) < 4.78 is 14.1. The molecule has 0 radical (unpaired) electrons. The summed E-state index contributed by atoms with van der Waals surface area (Å²) in [7, 11) is 0. The lowest BCUT2D eigenvalue weighted by Gasteiger charge is -2.10. The highest BCUT2D eigenvalue weighted by atomic mass is 35.5. The van der Waals surface area contributed by atoms with Gasteiger partial charge < -0.3 is 16.2 Å². The molecule has 0 bridgehead atoms. The first kappa shape index (κ1) is 18.0. The third-order valence-corrected chi connectivity index (χ3v) is 4.28. The van der Waals surface area contributed by atoms with Crippen LogP contribution in [-0.2, 0) is 6.54 Å². The Kier molecular flexibility index (Phi) is 5.01. The zero-order chi connectivity index (χ0) is 18.8. The first-order valence-corrected chi connectivity index (χ1v) is 8.29. The van der Waals surface area contributed by atoms with Crippen LogP contribution in [0.4, 0.5) is 4.39 Å². The molecule has 0 aliphatic rings. The molecule has 1 heterocycles. The molecule has 0 atom stereocenters. The molecule has 8 heteroatoms. The molecule has 1 amide bonds. The van der Waals surface area contributed by atoms with E-state index in [1.54, 1.807) is 24.3 Å². The molecule has 5 nitrogen and oxygen atoms in total. The van der Waals surface area contributed by atoms with Gasteiger partial charge in [-0.25, -0.2) is 4.39 Å². The molecular formula is C18H13ClFN3O2S. The van der Waals surface area contributed by atoms with Gasteiger partial charge in [0.25, 0.3) is 5.91 Å². The van der Waals surface area contributed by atoms with Crippen molar-refractivity contribution in [3.63, 3.8) is 0 Å². The summed E-state index contributed by atoms with van der Waals surface area (Å²) in [6.45, 7) is 0.231. The molecule has 0 unspecified atom stereocenters. The first-order valence-electron chi connectivity index (χ1n) is 7.50. The van der Waals surface area contributed by atoms with Crippen molar-refractivity contribution in [2.45, 2.75) is 6.54 Å². The van der Waals surface area contributed by atoms with E-state index in [0.717, 1.165) is 17.8 Å². The number of rotatable bonds is 4. The minimum Gasteiger partial charge on any atom is -0.506 e. The zero-order valence-electron chi connectivity index (χ0n) is 13.3. The zero-order valence-corrected chi connectivity index (χ0v) is 14.9. The molecule has 0 saturated heterocycles. The fourth-order valence-electron chi connectivity index (χ4n) is 2.43. The van der Waals surface area contributed by atoms with Crippen LogP contribution in [0.25, 0.3) is 10.9 Å². The second-order valence-electron chi connectivity index (χ2n) is 5.55. The van der Waals surface area contributed by atoms with Crippen LogP contribution in [0.5, 0.6) is 5.75 Å². The van der Waals surface area contributed by atoms with Crippen molar-refractivity contribution in [1.29, 1.82) is 0 Å². The van der Waals surface area contributed by atoms with Crippen LogP contribution < -0.4 is 11.1 Å². The van der Waals surface area contributed by atoms with Gasteiger partial charge in [-0.1, -0.05) is 36.0 Å². The minimum atomic E-state index is -0.686. The normalized spacial score (nSPS) is 10.7. The first-order chi connectivity index (χ1) is 12.4. The van der Waals surface area contributed by atoms with E-state index in [1.165, 1.54) is 6.07 Å². The molecule has 0 aliphatic heterocycles. The van der Waals surface area contributed by atoms with E-state index in [9.17, 15) is 14.3 Å². The van der Waals surface area contributed by atoms with Gasteiger partial charge in [-0.3, -0.25) is 9.78 Å². The number of nitrogens with two attached hydrogens (primary N) is 1. The lowest BCUT2D eigenvalue weighted by Crippen LogP contribution is -2.23. The monoisotopic (exact) mass is 389 g/mol. The summed E-state index contributed by atoms with van der Waals surface area (Å²) in [5.74, 6) is -1.62. The highest BCUT2D eigenvalue weighted by molar-refractivity contribution is 7.80. The standard InChI is InChI=1S/C18H13ClFN3O2S/c19-11-3-1-9(2-4-11)7-23-18(25)13-8-22-15-12(16(13)24)5-10(17(21)26)6-14(15)20/h1-6,8H,7H2,(H2,21,26)(H,22,24)(H,23,25). The van der Waals surface area contributed by atoms with Crippen molar-refractivity contribution in [1.82, 2.24) is 10.3 Å². The topological polar surface area (TPSA) is 88.2 Å². The number of hydrogen-bond acceptors (Lipinski definition) is 4. The molecule has 26 heavy (non-hydrogen) atoms. The Morgan fingerprint density at radius 2 is 2.00 bits per heavy atom. The summed E-state index contributed by atoms with van der Waals surface area (Å²) in [4.78, 5) is 16.3. The van der Waals surface area contributed by atoms with Crippen LogP contribution in [-0.4, -0.2) is 21.0 Å². The number of nitrogens with one attached hydrogen (secondary N) is 1. The Morgan fingerprint density at radius 3 is 2.65 bits per heavy atom. The predicted octanol–water partition coefficient (Wildman–Crippen LogP) is 3.30. The smallest absolute Gasteiger partial charge is 0.256 e. The lowest BCUT2D eigenvalue weighted by atomic mass is 10.1. The summed E-state index contributed by atoms with van der Waals surface area (Å²) in [5.41, 5.74) is 6.44. The molecule has 0 spiro atoms. The Morgan fingerprint density at radius 1 is 1.31 bits per heavy atom. The van der Waals surface area contributed by atoms with Gasteiger partial charge in [0.1, 0.15) is 27.6 Å². The van der Waals surface area contributed by atoms with Crippen molar-refractivity contribution >= 4 is 45.6 Å². The Bertz CT molecular complexity index is 1030. The summed E-state index contributed by atoms with van der Waals surface area (Å²) in [5, 5.41) is 13.7. The van der Waals surface area contributed by atoms with E-state index < -0.39 is 11.7 Å². The number of pyridine rings is 1. The van der Waals surface area contributed by atoms with Gasteiger partial charge in [-0.2, -0.15) is 0 Å². The Balaban J connectivity index is 1.91. The van der Waals surface area contributed by atoms with Crippen LogP contribution in [0.3, 0.4) is 0 Å². The highest BCUT2D eigenvalue weighted by Gasteiger charge is 2.18. The van der Waals surface area contributed by atoms with E-state index in [2.05, 4.69) is 10.3 Å². The minimum absolute atomic E-state index is 0.0252. The average molecular weight is 390 g/mol. The molecule has 0 saturated carbocycles. The van der Waals surface area contributed by atoms with Crippen LogP contribution in [0.15, 0.2) is 42.6 Å². The summed E-state index contributed by atoms with van der Waals surface area (Å²) in [6, 6.07) is 9.49. The Hall–Kier alpha value is -2.77. The number of hydrogen-bond donors (Lipinski definition) is 3. The number of aromatic hydroxyl groups is 1. The molecule has 1 aromatic heterocycles. The number of benzene rings is 2. The van der Waals surface area contributed by atoms with E-state index >= 15 is 0 Å². The number of aromatic nitrogens is 1. The third-order valence-electron chi connectivity index (χ3n) is 3.79. The fourth-order valence-corrected chi connectivity index (χ4v) is 2.68. The van der Waals surface area contributed by atoms with Gasteiger partial charge >= 0.3 is 0 Å². The van der Waals surface area contributed by atoms with Crippen LogP contribution >= 0.6 is 23.8 Å². The second kappa shape index (κ2) is 7.23. The number of fused-ring (bicyclic) bond motifs is 1. The number of carbonyl (C=O) groups is 1. The third kappa shape index (κ3) is 3.58. The quantitative estimate of drug-likeness (QED) is 0.596. The summed E-state index contributed by atoms with van der Waals surface area (Å²) in [6.07, 6.45) is 1.12. The fraction of sp³-hybridized carbons (Fsp3) is 0.0556. The van der Waals surface area contributed by atoms with Crippen molar-refractivity contribution in [3.8, 4) is 5.75 Å². The molecule has 2 aromatic carbocycles. The van der Waals surface area contributed by atoms with Crippen LogP contribution in [0.1, 0.15) is 21.5 Å². The molecule has 0 aliphatic carbocycles. The van der Waals surface area contributed by atoms with Gasteiger partial charge in [-0.15, -0.1) is 0 Å². The van der Waals surface area contributed by atoms with E-state index in [1.807, 2.05) is 0 Å². The van der Waals surface area contributed by atoms with Gasteiger partial charge in [0, 0.05) is 28.7 Å². The number of thiocarbonyl (C=S) groups is 1. The van der Waals surface area contributed by atoms with Crippen molar-refractivity contribution in [3.05, 3.63) is 70.1 Å². The summed E-state index contributed by atoms with van der Waals surface area (Å²) >= 11 is 10.7. The maximum atomic E-state index is 14.1. The SMILES string of the molecule is NC(=S)c1cc(F)c2ncc(C(=O)NCc3ccc(Cl)cc3)c(O)c2c1. The van der Waals surface area contributed by atoms with Gasteiger partial charge in [0.05, 0.1) is 0 Å². The average Bonchev–Trinajstić information content (AvgIpc) is 2.61. The highest BCUT2D eigenvalue weighted by Crippen LogP contribution is 2.29. The molecule has 0 fully saturated rings. The van der Waals surface area contributed by atoms with Crippen molar-refractivity contribution in [2.75, 3.05) is 0 Å². The maximum absolute atomic E-state index is 14.1. The number of carbonyl (C=O) groups excluding carboxylic acids is 1. The maximum Gasteiger partial charge on any atom is 0.256 e. The van der Waals surface area contributed by atoms with Crippen LogP contribution in [0, 0.1) is 5.82 Å². The predicted molar refractivity (Wildman–Crippen MR) is 102 cm³/mol. The molecule has 3 aromatic rings. The number of nitrogens with zero attached hydrogens (tertiary/aromatic N) is 1. The molecule has 3 rings (SSSR count). The van der Waals surface area contributed by atoms with Crippen molar-refractivity contribution in [2.24, 2.45) is 5.73 Å². The van der Waals surface area contributed by atoms with E-state index in [0.29, 0.717) is 5.02 Å². The van der Waals surface area contributed by atoms with E-state index in [-0.39, 0.29) is 39.3 Å². The molecule has 4 N–H and O–H groups in total. The molecule has 132 valence electrons. The number of halogens is 2. The van der Waals surface area contributed by atoms with Crippen molar-refractivity contribution < 1.29 is 14.3 Å². The van der Waals surface area contributed by atoms with Gasteiger partial charge in [0.15, 0.2) is 0 Å². The lowest BCUT2D eigenvalue weighted by molar-refractivity contribution is 0.0948. The van der Waals surface area contributed by atoms with Crippen LogP contribution in [0.2, 0.25) is 5.02 Å². The largest absolute Gasteiger partial charge is 0.506 e. The van der Waals surface area contributed by atoms with E-state index in [4.69, 9.17) is 29.6 Å². The molecular weight excluding hydrogens is 377 g/mol. The Labute approximate surface area is 158 Å². The number of amides is 1. The second-order valence-corrected chi connectivity index (χ2v) is 6.42. The van der Waals surface area contributed by atoms with Gasteiger partial charge in [0.2, 0.25) is 0 Å².